The Bertz CT molecular complexity index is 1090. The van der Waals surface area contributed by atoms with E-state index < -0.39 is 0 Å². The molecule has 4 rings (SSSR count). The van der Waals surface area contributed by atoms with Gasteiger partial charge >= 0.3 is 0 Å². The molecule has 1 aliphatic heterocycles. The van der Waals surface area contributed by atoms with Crippen LogP contribution in [0.2, 0.25) is 0 Å². The smallest absolute Gasteiger partial charge is 0.199 e. The Balaban J connectivity index is 1.64. The van der Waals surface area contributed by atoms with Crippen LogP contribution in [0.4, 0.5) is 4.39 Å². The van der Waals surface area contributed by atoms with E-state index in [1.807, 2.05) is 34.5 Å². The SMILES string of the molecule is COc1ccc(OC)c([C@H]2CCCN2Cn2nc(-c3ccc(F)cc3)n(C)c2=S)c1. The van der Waals surface area contributed by atoms with Crippen LogP contribution < -0.4 is 9.47 Å². The van der Waals surface area contributed by atoms with E-state index in [0.717, 1.165) is 47.8 Å². The lowest BCUT2D eigenvalue weighted by atomic mass is 10.0. The zero-order valence-corrected chi connectivity index (χ0v) is 18.2. The lowest BCUT2D eigenvalue weighted by Gasteiger charge is -2.26. The number of nitrogens with zero attached hydrogens (tertiary/aromatic N) is 4. The van der Waals surface area contributed by atoms with Crippen LogP contribution in [-0.4, -0.2) is 40.0 Å². The number of ether oxygens (including phenoxy) is 2. The van der Waals surface area contributed by atoms with Gasteiger partial charge in [-0.1, -0.05) is 0 Å². The Labute approximate surface area is 180 Å². The summed E-state index contributed by atoms with van der Waals surface area (Å²) in [5, 5.41) is 4.73. The van der Waals surface area contributed by atoms with Gasteiger partial charge < -0.3 is 14.0 Å². The molecule has 0 radical (unpaired) electrons. The maximum Gasteiger partial charge on any atom is 0.199 e. The topological polar surface area (TPSA) is 44.5 Å². The zero-order chi connectivity index (χ0) is 21.3. The third kappa shape index (κ3) is 3.85. The molecule has 1 atom stereocenters. The van der Waals surface area contributed by atoms with E-state index in [1.165, 1.54) is 12.1 Å². The Morgan fingerprint density at radius 3 is 2.60 bits per heavy atom. The van der Waals surface area contributed by atoms with Crippen LogP contribution in [0.15, 0.2) is 42.5 Å². The van der Waals surface area contributed by atoms with Crippen molar-refractivity contribution in [1.82, 2.24) is 19.2 Å². The molecular formula is C22H25FN4O2S. The summed E-state index contributed by atoms with van der Waals surface area (Å²) in [5.74, 6) is 2.11. The van der Waals surface area contributed by atoms with Gasteiger partial charge in [-0.15, -0.1) is 0 Å². The third-order valence-corrected chi connectivity index (χ3v) is 6.10. The van der Waals surface area contributed by atoms with Gasteiger partial charge in [0, 0.05) is 30.8 Å². The van der Waals surface area contributed by atoms with Gasteiger partial charge in [-0.2, -0.15) is 5.10 Å². The van der Waals surface area contributed by atoms with Gasteiger partial charge in [-0.05, 0) is 67.5 Å². The number of halogens is 1. The lowest BCUT2D eigenvalue weighted by Crippen LogP contribution is -2.27. The minimum absolute atomic E-state index is 0.188. The van der Waals surface area contributed by atoms with Crippen LogP contribution in [0.5, 0.6) is 11.5 Å². The lowest BCUT2D eigenvalue weighted by molar-refractivity contribution is 0.186. The van der Waals surface area contributed by atoms with E-state index in [2.05, 4.69) is 4.90 Å². The molecule has 0 bridgehead atoms. The van der Waals surface area contributed by atoms with Gasteiger partial charge in [0.15, 0.2) is 10.6 Å². The van der Waals surface area contributed by atoms with Gasteiger partial charge in [0.1, 0.15) is 17.3 Å². The summed E-state index contributed by atoms with van der Waals surface area (Å²) in [4.78, 5) is 2.36. The number of benzene rings is 2. The molecule has 3 aromatic rings. The van der Waals surface area contributed by atoms with Crippen molar-refractivity contribution in [2.24, 2.45) is 7.05 Å². The summed E-state index contributed by atoms with van der Waals surface area (Å²) < 4.78 is 28.7. The van der Waals surface area contributed by atoms with E-state index in [-0.39, 0.29) is 11.9 Å². The molecule has 0 N–H and O–H groups in total. The molecule has 1 aliphatic rings. The highest BCUT2D eigenvalue weighted by atomic mass is 32.1. The van der Waals surface area contributed by atoms with Gasteiger partial charge in [0.25, 0.3) is 0 Å². The number of aromatic nitrogens is 3. The maximum absolute atomic E-state index is 13.3. The largest absolute Gasteiger partial charge is 0.497 e. The average molecular weight is 429 g/mol. The van der Waals surface area contributed by atoms with Gasteiger partial charge in [-0.3, -0.25) is 4.90 Å². The van der Waals surface area contributed by atoms with Crippen molar-refractivity contribution in [3.8, 4) is 22.9 Å². The van der Waals surface area contributed by atoms with Crippen molar-refractivity contribution < 1.29 is 13.9 Å². The second-order valence-electron chi connectivity index (χ2n) is 7.39. The van der Waals surface area contributed by atoms with Crippen LogP contribution in [0, 0.1) is 10.6 Å². The highest BCUT2D eigenvalue weighted by molar-refractivity contribution is 7.71. The first-order chi connectivity index (χ1) is 14.5. The van der Waals surface area contributed by atoms with Crippen molar-refractivity contribution in [3.05, 3.63) is 58.6 Å². The highest BCUT2D eigenvalue weighted by Gasteiger charge is 2.29. The van der Waals surface area contributed by atoms with Gasteiger partial charge in [0.05, 0.1) is 20.9 Å². The number of methoxy groups -OCH3 is 2. The minimum atomic E-state index is -0.272. The third-order valence-electron chi connectivity index (χ3n) is 5.62. The fraction of sp³-hybridized carbons (Fsp3) is 0.364. The van der Waals surface area contributed by atoms with Crippen molar-refractivity contribution in [1.29, 1.82) is 0 Å². The first-order valence-corrected chi connectivity index (χ1v) is 10.3. The number of hydrogen-bond acceptors (Lipinski definition) is 5. The minimum Gasteiger partial charge on any atom is -0.497 e. The van der Waals surface area contributed by atoms with Crippen LogP contribution in [-0.2, 0) is 13.7 Å². The van der Waals surface area contributed by atoms with E-state index in [0.29, 0.717) is 11.4 Å². The first kappa shape index (κ1) is 20.6. The van der Waals surface area contributed by atoms with Crippen LogP contribution in [0.1, 0.15) is 24.4 Å². The predicted octanol–water partition coefficient (Wildman–Crippen LogP) is 4.57. The van der Waals surface area contributed by atoms with Gasteiger partial charge in [-0.25, -0.2) is 9.07 Å². The molecule has 1 saturated heterocycles. The summed E-state index contributed by atoms with van der Waals surface area (Å²) in [5.41, 5.74) is 1.94. The number of likely N-dealkylation sites (tertiary alicyclic amines) is 1. The van der Waals surface area contributed by atoms with E-state index in [9.17, 15) is 4.39 Å². The summed E-state index contributed by atoms with van der Waals surface area (Å²) in [6, 6.07) is 12.4. The molecule has 0 saturated carbocycles. The zero-order valence-electron chi connectivity index (χ0n) is 17.3. The Morgan fingerprint density at radius 1 is 1.13 bits per heavy atom. The fourth-order valence-electron chi connectivity index (χ4n) is 4.05. The molecule has 0 unspecified atom stereocenters. The monoisotopic (exact) mass is 428 g/mol. The van der Waals surface area contributed by atoms with Gasteiger partial charge in [0.2, 0.25) is 0 Å². The normalized spacial score (nSPS) is 16.7. The quantitative estimate of drug-likeness (QED) is 0.538. The molecule has 0 amide bonds. The summed E-state index contributed by atoms with van der Waals surface area (Å²) in [6.07, 6.45) is 2.10. The number of hydrogen-bond donors (Lipinski definition) is 0. The molecule has 2 aromatic carbocycles. The Hall–Kier alpha value is -2.71. The molecule has 6 nitrogen and oxygen atoms in total. The van der Waals surface area contributed by atoms with E-state index >= 15 is 0 Å². The van der Waals surface area contributed by atoms with Crippen molar-refractivity contribution in [2.45, 2.75) is 25.6 Å². The van der Waals surface area contributed by atoms with E-state index in [1.54, 1.807) is 26.4 Å². The van der Waals surface area contributed by atoms with Crippen molar-refractivity contribution in [3.63, 3.8) is 0 Å². The second kappa shape index (κ2) is 8.57. The molecule has 8 heteroatoms. The maximum atomic E-state index is 13.3. The molecule has 1 aromatic heterocycles. The summed E-state index contributed by atoms with van der Waals surface area (Å²) in [7, 11) is 5.24. The number of rotatable bonds is 6. The standard InChI is InChI=1S/C22H25FN4O2S/c1-25-21(15-6-8-16(23)9-7-15)24-27(22(25)30)14-26-12-4-5-19(26)18-13-17(28-2)10-11-20(18)29-3/h6-11,13,19H,4-5,12,14H2,1-3H3/t19-/m1/s1. The molecule has 30 heavy (non-hydrogen) atoms. The highest BCUT2D eigenvalue weighted by Crippen LogP contribution is 2.39. The molecule has 158 valence electrons. The Morgan fingerprint density at radius 2 is 1.90 bits per heavy atom. The van der Waals surface area contributed by atoms with Crippen molar-refractivity contribution >= 4 is 12.2 Å². The summed E-state index contributed by atoms with van der Waals surface area (Å²) in [6.45, 7) is 1.51. The second-order valence-corrected chi connectivity index (χ2v) is 7.76. The first-order valence-electron chi connectivity index (χ1n) is 9.87. The predicted molar refractivity (Wildman–Crippen MR) is 116 cm³/mol. The van der Waals surface area contributed by atoms with Crippen LogP contribution in [0.3, 0.4) is 0 Å². The molecular weight excluding hydrogens is 403 g/mol. The van der Waals surface area contributed by atoms with Crippen molar-refractivity contribution in [2.75, 3.05) is 20.8 Å². The van der Waals surface area contributed by atoms with Crippen LogP contribution >= 0.6 is 12.2 Å². The molecule has 0 spiro atoms. The van der Waals surface area contributed by atoms with Crippen LogP contribution in [0.25, 0.3) is 11.4 Å². The molecule has 1 fully saturated rings. The Kier molecular flexibility index (Phi) is 5.87. The molecule has 2 heterocycles. The fourth-order valence-corrected chi connectivity index (χ4v) is 4.23. The molecule has 0 aliphatic carbocycles. The van der Waals surface area contributed by atoms with E-state index in [4.69, 9.17) is 26.8 Å². The summed E-state index contributed by atoms with van der Waals surface area (Å²) >= 11 is 5.64. The average Bonchev–Trinajstić information content (AvgIpc) is 3.34.